The summed E-state index contributed by atoms with van der Waals surface area (Å²) in [6, 6.07) is 0. The minimum absolute atomic E-state index is 0. The zero-order valence-electron chi connectivity index (χ0n) is 1.74. The lowest BCUT2D eigenvalue weighted by Crippen LogP contribution is -3.00. The lowest BCUT2D eigenvalue weighted by Gasteiger charge is -1.00. The molecule has 0 rings (SSSR count). The van der Waals surface area contributed by atoms with Crippen molar-refractivity contribution in [3.05, 3.63) is 4.91 Å². The van der Waals surface area contributed by atoms with Gasteiger partial charge in [-0.25, -0.2) is 0 Å². The zero-order valence-corrected chi connectivity index (χ0v) is 3.25. The van der Waals surface area contributed by atoms with Gasteiger partial charge in [0, 0.05) is 4.91 Å². The smallest absolute Gasteiger partial charge is 0.0125 e. The number of nitrogens with two attached hydrogens (primary N) is 1. The Morgan fingerprint density at radius 2 is 1.00 bits per heavy atom. The van der Waals surface area contributed by atoms with E-state index in [1.807, 2.05) is 0 Å². The van der Waals surface area contributed by atoms with Crippen molar-refractivity contribution >= 4 is 0 Å². The van der Waals surface area contributed by atoms with Gasteiger partial charge < -0.3 is 24.8 Å². The third kappa shape index (κ3) is 93.7. The van der Waals surface area contributed by atoms with Crippen molar-refractivity contribution in [2.24, 2.45) is 0 Å². The van der Waals surface area contributed by atoms with Crippen LogP contribution in [-0.2, 0) is 0 Å². The lowest BCUT2D eigenvalue weighted by molar-refractivity contribution is -0.142. The summed E-state index contributed by atoms with van der Waals surface area (Å²) in [5, 5.41) is 0. The van der Waals surface area contributed by atoms with Gasteiger partial charge in [-0.1, -0.05) is 0 Å². The molecule has 0 heterocycles. The molecule has 28 valence electrons. The average Bonchev–Trinajstić information content (AvgIpc) is 1.00. The molecule has 4 heteroatoms. The maximum absolute atomic E-state index is 7.75. The Kier molecular flexibility index (Phi) is 3540. The van der Waals surface area contributed by atoms with E-state index in [1.54, 1.807) is 0 Å². The monoisotopic (exact) mass is 102 g/mol. The molecule has 0 aromatic heterocycles. The van der Waals surface area contributed by atoms with Crippen LogP contribution in [0.4, 0.5) is 0 Å². The second-order valence-electron chi connectivity index (χ2n) is 0. The van der Waals surface area contributed by atoms with Gasteiger partial charge in [-0.05, 0) is 5.59 Å². The van der Waals surface area contributed by atoms with Gasteiger partial charge in [0.1, 0.15) is 0 Å². The van der Waals surface area contributed by atoms with E-state index in [9.17, 15) is 0 Å². The maximum Gasteiger partial charge on any atom is 0.0125 e. The van der Waals surface area contributed by atoms with Crippen LogP contribution in [-0.4, -0.2) is 0 Å². The van der Waals surface area contributed by atoms with Crippen LogP contribution in [0.25, 0.3) is 0 Å². The number of nitroso groups, excluding NO2 is 1. The van der Waals surface area contributed by atoms with Crippen LogP contribution >= 0.6 is 0 Å². The van der Waals surface area contributed by atoms with Crippen LogP contribution in [0.15, 0.2) is 0 Å². The van der Waals surface area contributed by atoms with Gasteiger partial charge in [0.05, 0.1) is 0 Å². The summed E-state index contributed by atoms with van der Waals surface area (Å²) >= 11 is 0. The quantitative estimate of drug-likeness (QED) is 0.325. The number of hydrogen-bond donors (Lipinski definition) is 1. The minimum atomic E-state index is 0. The van der Waals surface area contributed by atoms with Crippen molar-refractivity contribution in [2.75, 3.05) is 0 Å². The Morgan fingerprint density at radius 3 is 1.00 bits per heavy atom. The molecule has 0 amide bonds. The summed E-state index contributed by atoms with van der Waals surface area (Å²) < 4.78 is 0. The molecular formula is H2Cl2NO-. The molecule has 0 aliphatic rings. The van der Waals surface area contributed by atoms with Crippen LogP contribution in [0.1, 0.15) is 0 Å². The van der Waals surface area contributed by atoms with Gasteiger partial charge in [0.15, 0.2) is 0 Å². The van der Waals surface area contributed by atoms with Crippen LogP contribution in [0.3, 0.4) is 0 Å². The molecule has 0 atom stereocenters. The topological polar surface area (TPSA) is 42.7 Å². The fourth-order valence-corrected chi connectivity index (χ4v) is 0. The first-order chi connectivity index (χ1) is 1.00. The van der Waals surface area contributed by atoms with E-state index in [2.05, 4.69) is 5.59 Å². The molecular weight excluding hydrogens is 101 g/mol. The zero-order chi connectivity index (χ0) is 2.00. The summed E-state index contributed by atoms with van der Waals surface area (Å²) in [6.45, 7) is 0. The highest BCUT2D eigenvalue weighted by Gasteiger charge is 0.697. The van der Waals surface area contributed by atoms with Crippen molar-refractivity contribution < 1.29 is 30.4 Å². The molecule has 0 saturated carbocycles. The predicted molar refractivity (Wildman–Crippen MR) is 5.29 cm³/mol. The van der Waals surface area contributed by atoms with Gasteiger partial charge in [-0.15, -0.1) is 0 Å². The Morgan fingerprint density at radius 1 is 1.00 bits per heavy atom. The molecule has 0 aliphatic heterocycles. The number of rotatable bonds is 0. The average molecular weight is 103 g/mol. The third-order valence-corrected chi connectivity index (χ3v) is 0. The first kappa shape index (κ1) is 30.4. The van der Waals surface area contributed by atoms with Crippen molar-refractivity contribution in [1.82, 2.24) is 0 Å². The molecule has 0 radical (unpaired) electrons. The first-order valence-electron chi connectivity index (χ1n) is 0.236. The molecule has 4 heavy (non-hydrogen) atoms. The highest BCUT2D eigenvalue weighted by molar-refractivity contribution is 3.51. The van der Waals surface area contributed by atoms with E-state index in [4.69, 9.17) is 4.91 Å². The lowest BCUT2D eigenvalue weighted by atomic mass is 13.8. The van der Waals surface area contributed by atoms with E-state index in [0.717, 1.165) is 0 Å². The van der Waals surface area contributed by atoms with E-state index in [0.29, 0.717) is 0 Å². The standard InChI is InChI=1S/2ClH.H2NO/c;;1-2/h2*1H;1H2/q;;+1/p-2. The Balaban J connectivity index is -0.00000000500. The molecule has 2 nitrogen and oxygen atoms in total. The Bertz CT molecular complexity index is 6.00. The van der Waals surface area contributed by atoms with Gasteiger partial charge in [-0.3, -0.25) is 0 Å². The van der Waals surface area contributed by atoms with Crippen LogP contribution in [0, 0.1) is 4.91 Å². The van der Waals surface area contributed by atoms with Crippen molar-refractivity contribution in [2.45, 2.75) is 0 Å². The molecule has 0 aliphatic carbocycles. The molecule has 0 saturated heterocycles. The summed E-state index contributed by atoms with van der Waals surface area (Å²) in [6.07, 6.45) is 0. The van der Waals surface area contributed by atoms with E-state index < -0.39 is 0 Å². The highest BCUT2D eigenvalue weighted by atomic mass is 35.5. The maximum atomic E-state index is 7.75. The normalized spacial score (nSPS) is 1.00. The number of hydrogen-bond acceptors (Lipinski definition) is 1. The first-order valence-corrected chi connectivity index (χ1v) is 0.236. The molecule has 0 unspecified atom stereocenters. The second kappa shape index (κ2) is 466. The van der Waals surface area contributed by atoms with E-state index >= 15 is 0 Å². The van der Waals surface area contributed by atoms with Gasteiger partial charge in [-0.2, -0.15) is 0 Å². The van der Waals surface area contributed by atoms with Crippen LogP contribution in [0.5, 0.6) is 0 Å². The largest absolute Gasteiger partial charge is 1.00 e. The van der Waals surface area contributed by atoms with Crippen LogP contribution < -0.4 is 30.4 Å². The van der Waals surface area contributed by atoms with Crippen molar-refractivity contribution in [3.8, 4) is 0 Å². The fraction of sp³-hybridized carbons (Fsp3) is 0. The van der Waals surface area contributed by atoms with Gasteiger partial charge >= 0.3 is 0 Å². The van der Waals surface area contributed by atoms with E-state index in [1.165, 1.54) is 0 Å². The molecule has 0 aromatic carbocycles. The third-order valence-electron chi connectivity index (χ3n) is 0. The van der Waals surface area contributed by atoms with Crippen LogP contribution in [0.2, 0.25) is 0 Å². The minimum Gasteiger partial charge on any atom is -1.00 e. The Hall–Kier alpha value is 0.180. The number of halogens is 2. The predicted octanol–water partition coefficient (Wildman–Crippen LogP) is -7.48. The molecule has 0 bridgehead atoms. The molecule has 0 spiro atoms. The summed E-state index contributed by atoms with van der Waals surface area (Å²) in [7, 11) is 0. The van der Waals surface area contributed by atoms with Gasteiger partial charge in [0.25, 0.3) is 0 Å². The highest BCUT2D eigenvalue weighted by Crippen LogP contribution is 0.260. The molecule has 2 N–H and O–H groups in total. The second-order valence-corrected chi connectivity index (χ2v) is 0. The fourth-order valence-electron chi connectivity index (χ4n) is 0. The SMILES string of the molecule is [Cl-].[Cl-].[NH2+]=O. The Labute approximate surface area is 36.2 Å². The summed E-state index contributed by atoms with van der Waals surface area (Å²) in [5.74, 6) is 0. The van der Waals surface area contributed by atoms with E-state index in [-0.39, 0.29) is 24.8 Å². The summed E-state index contributed by atoms with van der Waals surface area (Å²) in [4.78, 5) is 7.75. The van der Waals surface area contributed by atoms with Crippen molar-refractivity contribution in [3.63, 3.8) is 0 Å². The molecule has 0 aromatic rings. The van der Waals surface area contributed by atoms with Crippen molar-refractivity contribution in [1.29, 1.82) is 0 Å². The van der Waals surface area contributed by atoms with Gasteiger partial charge in [0.2, 0.25) is 0 Å². The summed E-state index contributed by atoms with van der Waals surface area (Å²) in [5.41, 5.74) is 3.25. The molecule has 0 fully saturated rings.